The van der Waals surface area contributed by atoms with Crippen LogP contribution in [0.15, 0.2) is 17.4 Å². The molecule has 1 aromatic heterocycles. The lowest BCUT2D eigenvalue weighted by Crippen LogP contribution is -2.45. The van der Waals surface area contributed by atoms with Gasteiger partial charge in [0.1, 0.15) is 0 Å². The predicted molar refractivity (Wildman–Crippen MR) is 109 cm³/mol. The maximum absolute atomic E-state index is 12.5. The zero-order valence-corrected chi connectivity index (χ0v) is 17.4. The number of hydrogen-bond acceptors (Lipinski definition) is 3. The number of hydrogen-bond donors (Lipinski definition) is 2. The SMILES string of the molecule is CN=C(NCc1cnn(C)c1)NC1CCN(C(=O)C2CCCC2)C1.I. The van der Waals surface area contributed by atoms with Crippen LogP contribution in [-0.4, -0.2) is 52.7 Å². The predicted octanol–water partition coefficient (Wildman–Crippen LogP) is 1.49. The summed E-state index contributed by atoms with van der Waals surface area (Å²) in [6.07, 6.45) is 9.36. The molecule has 25 heavy (non-hydrogen) atoms. The van der Waals surface area contributed by atoms with Crippen LogP contribution in [-0.2, 0) is 18.4 Å². The molecule has 0 aromatic carbocycles. The lowest BCUT2D eigenvalue weighted by molar-refractivity contribution is -0.134. The van der Waals surface area contributed by atoms with Gasteiger partial charge in [-0.1, -0.05) is 12.8 Å². The van der Waals surface area contributed by atoms with Gasteiger partial charge in [0, 0.05) is 57.4 Å². The molecule has 2 aliphatic rings. The first-order chi connectivity index (χ1) is 11.7. The van der Waals surface area contributed by atoms with Crippen molar-refractivity contribution in [2.24, 2.45) is 18.0 Å². The van der Waals surface area contributed by atoms with E-state index in [0.717, 1.165) is 43.9 Å². The highest BCUT2D eigenvalue weighted by atomic mass is 127. The monoisotopic (exact) mass is 460 g/mol. The third-order valence-electron chi connectivity index (χ3n) is 4.99. The Morgan fingerprint density at radius 1 is 1.36 bits per heavy atom. The number of likely N-dealkylation sites (tertiary alicyclic amines) is 1. The molecule has 2 N–H and O–H groups in total. The first kappa shape index (κ1) is 20.0. The minimum atomic E-state index is 0. The lowest BCUT2D eigenvalue weighted by Gasteiger charge is -2.21. The van der Waals surface area contributed by atoms with Gasteiger partial charge in [0.25, 0.3) is 0 Å². The Balaban J connectivity index is 0.00000225. The second-order valence-corrected chi connectivity index (χ2v) is 6.84. The van der Waals surface area contributed by atoms with Crippen molar-refractivity contribution in [2.75, 3.05) is 20.1 Å². The Hall–Kier alpha value is -1.32. The first-order valence-corrected chi connectivity index (χ1v) is 8.89. The molecule has 2 heterocycles. The number of halogens is 1. The van der Waals surface area contributed by atoms with Crippen molar-refractivity contribution in [3.63, 3.8) is 0 Å². The molecule has 0 bridgehead atoms. The van der Waals surface area contributed by atoms with E-state index >= 15 is 0 Å². The molecule has 1 aromatic rings. The molecular weight excluding hydrogens is 431 g/mol. The van der Waals surface area contributed by atoms with E-state index in [2.05, 4.69) is 20.7 Å². The van der Waals surface area contributed by atoms with Crippen molar-refractivity contribution in [2.45, 2.75) is 44.7 Å². The minimum Gasteiger partial charge on any atom is -0.352 e. The van der Waals surface area contributed by atoms with Crippen LogP contribution >= 0.6 is 24.0 Å². The lowest BCUT2D eigenvalue weighted by atomic mass is 10.1. The minimum absolute atomic E-state index is 0. The van der Waals surface area contributed by atoms with Crippen molar-refractivity contribution < 1.29 is 4.79 Å². The molecule has 0 radical (unpaired) electrons. The topological polar surface area (TPSA) is 74.6 Å². The summed E-state index contributed by atoms with van der Waals surface area (Å²) in [6, 6.07) is 0.274. The number of aliphatic imine (C=N–C) groups is 1. The van der Waals surface area contributed by atoms with E-state index in [0.29, 0.717) is 12.5 Å². The fourth-order valence-electron chi connectivity index (χ4n) is 3.65. The summed E-state index contributed by atoms with van der Waals surface area (Å²) in [5.74, 6) is 1.40. The normalized spacial score (nSPS) is 21.3. The van der Waals surface area contributed by atoms with Crippen molar-refractivity contribution in [1.29, 1.82) is 0 Å². The average molecular weight is 460 g/mol. The summed E-state index contributed by atoms with van der Waals surface area (Å²) >= 11 is 0. The molecule has 7 nitrogen and oxygen atoms in total. The molecule has 1 saturated carbocycles. The van der Waals surface area contributed by atoms with Crippen LogP contribution in [0.5, 0.6) is 0 Å². The number of rotatable bonds is 4. The Morgan fingerprint density at radius 2 is 2.12 bits per heavy atom. The molecule has 8 heteroatoms. The number of guanidine groups is 1. The average Bonchev–Trinajstić information content (AvgIpc) is 3.32. The number of aromatic nitrogens is 2. The smallest absolute Gasteiger partial charge is 0.225 e. The van der Waals surface area contributed by atoms with Crippen LogP contribution in [0.25, 0.3) is 0 Å². The fourth-order valence-corrected chi connectivity index (χ4v) is 3.65. The van der Waals surface area contributed by atoms with Gasteiger partial charge >= 0.3 is 0 Å². The number of nitrogens with one attached hydrogen (secondary N) is 2. The van der Waals surface area contributed by atoms with E-state index in [-0.39, 0.29) is 35.9 Å². The second-order valence-electron chi connectivity index (χ2n) is 6.84. The van der Waals surface area contributed by atoms with Crippen LogP contribution < -0.4 is 10.6 Å². The van der Waals surface area contributed by atoms with Gasteiger partial charge in [0.2, 0.25) is 5.91 Å². The van der Waals surface area contributed by atoms with Crippen LogP contribution in [0.2, 0.25) is 0 Å². The van der Waals surface area contributed by atoms with E-state index < -0.39 is 0 Å². The van der Waals surface area contributed by atoms with Crippen LogP contribution in [0.1, 0.15) is 37.7 Å². The van der Waals surface area contributed by atoms with Crippen molar-refractivity contribution >= 4 is 35.8 Å². The quantitative estimate of drug-likeness (QED) is 0.406. The molecule has 1 atom stereocenters. The van der Waals surface area contributed by atoms with Crippen LogP contribution in [0, 0.1) is 5.92 Å². The number of amides is 1. The molecular formula is C17H29IN6O. The van der Waals surface area contributed by atoms with Gasteiger partial charge in [0.15, 0.2) is 5.96 Å². The zero-order valence-electron chi connectivity index (χ0n) is 15.1. The molecule has 140 valence electrons. The van der Waals surface area contributed by atoms with Crippen molar-refractivity contribution in [1.82, 2.24) is 25.3 Å². The van der Waals surface area contributed by atoms with E-state index in [1.807, 2.05) is 24.3 Å². The standard InChI is InChI=1S/C17H28N6O.HI/c1-18-17(19-9-13-10-20-22(2)11-13)21-15-7-8-23(12-15)16(24)14-5-3-4-6-14;/h10-11,14-15H,3-9,12H2,1-2H3,(H2,18,19,21);1H. The summed E-state index contributed by atoms with van der Waals surface area (Å²) in [6.45, 7) is 2.32. The van der Waals surface area contributed by atoms with Crippen LogP contribution in [0.4, 0.5) is 0 Å². The molecule has 3 rings (SSSR count). The van der Waals surface area contributed by atoms with E-state index in [9.17, 15) is 4.79 Å². The maximum atomic E-state index is 12.5. The van der Waals surface area contributed by atoms with E-state index in [1.54, 1.807) is 11.7 Å². The third-order valence-corrected chi connectivity index (χ3v) is 4.99. The van der Waals surface area contributed by atoms with Gasteiger partial charge in [-0.3, -0.25) is 14.5 Å². The second kappa shape index (κ2) is 9.40. The number of carbonyl (C=O) groups is 1. The Kier molecular flexibility index (Phi) is 7.52. The Labute approximate surface area is 166 Å². The van der Waals surface area contributed by atoms with Gasteiger partial charge < -0.3 is 15.5 Å². The van der Waals surface area contributed by atoms with E-state index in [1.165, 1.54) is 12.8 Å². The first-order valence-electron chi connectivity index (χ1n) is 8.89. The molecule has 2 fully saturated rings. The van der Waals surface area contributed by atoms with Crippen molar-refractivity contribution in [3.05, 3.63) is 18.0 Å². The zero-order chi connectivity index (χ0) is 16.9. The number of carbonyl (C=O) groups excluding carboxylic acids is 1. The molecule has 0 spiro atoms. The van der Waals surface area contributed by atoms with Gasteiger partial charge in [-0.15, -0.1) is 24.0 Å². The number of nitrogens with zero attached hydrogens (tertiary/aromatic N) is 4. The van der Waals surface area contributed by atoms with Crippen LogP contribution in [0.3, 0.4) is 0 Å². The highest BCUT2D eigenvalue weighted by Crippen LogP contribution is 2.27. The van der Waals surface area contributed by atoms with Crippen molar-refractivity contribution in [3.8, 4) is 0 Å². The third kappa shape index (κ3) is 5.32. The fraction of sp³-hybridized carbons (Fsp3) is 0.706. The summed E-state index contributed by atoms with van der Waals surface area (Å²) in [5, 5.41) is 10.9. The molecule has 1 unspecified atom stereocenters. The molecule has 1 aliphatic carbocycles. The van der Waals surface area contributed by atoms with Gasteiger partial charge in [0.05, 0.1) is 6.20 Å². The number of aryl methyl sites for hydroxylation is 1. The maximum Gasteiger partial charge on any atom is 0.225 e. The Morgan fingerprint density at radius 3 is 2.76 bits per heavy atom. The summed E-state index contributed by atoms with van der Waals surface area (Å²) < 4.78 is 1.79. The molecule has 1 saturated heterocycles. The summed E-state index contributed by atoms with van der Waals surface area (Å²) in [5.41, 5.74) is 1.12. The summed E-state index contributed by atoms with van der Waals surface area (Å²) in [7, 11) is 3.68. The Bertz CT molecular complexity index is 596. The van der Waals surface area contributed by atoms with E-state index in [4.69, 9.17) is 0 Å². The van der Waals surface area contributed by atoms with Gasteiger partial charge in [-0.05, 0) is 19.3 Å². The highest BCUT2D eigenvalue weighted by Gasteiger charge is 2.32. The summed E-state index contributed by atoms with van der Waals surface area (Å²) in [4.78, 5) is 18.8. The van der Waals surface area contributed by atoms with Gasteiger partial charge in [-0.2, -0.15) is 5.10 Å². The van der Waals surface area contributed by atoms with Gasteiger partial charge in [-0.25, -0.2) is 0 Å². The largest absolute Gasteiger partial charge is 0.352 e. The molecule has 1 amide bonds. The highest BCUT2D eigenvalue weighted by molar-refractivity contribution is 14.0. The molecule has 1 aliphatic heterocycles.